The first-order valence-corrected chi connectivity index (χ1v) is 11.5. The second-order valence-corrected chi connectivity index (χ2v) is 9.15. The van der Waals surface area contributed by atoms with Crippen molar-refractivity contribution in [1.82, 2.24) is 10.2 Å². The third-order valence-electron chi connectivity index (χ3n) is 7.51. The molecule has 3 aliphatic rings. The van der Waals surface area contributed by atoms with Crippen LogP contribution in [0.15, 0.2) is 18.2 Å². The highest BCUT2D eigenvalue weighted by Gasteiger charge is 2.38. The van der Waals surface area contributed by atoms with E-state index in [0.717, 1.165) is 24.8 Å². The van der Waals surface area contributed by atoms with Crippen LogP contribution < -0.4 is 5.32 Å². The van der Waals surface area contributed by atoms with E-state index in [1.165, 1.54) is 76.4 Å². The summed E-state index contributed by atoms with van der Waals surface area (Å²) in [5.74, 6) is 1.70. The minimum Gasteiger partial charge on any atom is -0.465 e. The number of carboxylic acid groups (broad SMARTS) is 1. The fourth-order valence-corrected chi connectivity index (χ4v) is 6.07. The van der Waals surface area contributed by atoms with Gasteiger partial charge in [0.05, 0.1) is 0 Å². The van der Waals surface area contributed by atoms with Crippen LogP contribution in [0.2, 0.25) is 0 Å². The normalized spacial score (nSPS) is 25.3. The summed E-state index contributed by atoms with van der Waals surface area (Å²) in [7, 11) is 0. The molecule has 4 nitrogen and oxygen atoms in total. The van der Waals surface area contributed by atoms with Gasteiger partial charge in [0.2, 0.25) is 0 Å². The largest absolute Gasteiger partial charge is 0.465 e. The Bertz CT molecular complexity index is 669. The van der Waals surface area contributed by atoms with Gasteiger partial charge in [-0.2, -0.15) is 0 Å². The van der Waals surface area contributed by atoms with E-state index in [1.807, 2.05) is 0 Å². The van der Waals surface area contributed by atoms with Gasteiger partial charge in [0.25, 0.3) is 0 Å². The molecule has 0 aromatic heterocycles. The topological polar surface area (TPSA) is 52.6 Å². The maximum atomic E-state index is 10.6. The summed E-state index contributed by atoms with van der Waals surface area (Å²) in [6.45, 7) is 3.12. The van der Waals surface area contributed by atoms with Crippen molar-refractivity contribution < 1.29 is 9.90 Å². The summed E-state index contributed by atoms with van der Waals surface area (Å²) in [6.07, 6.45) is 13.4. The Morgan fingerprint density at radius 1 is 1.14 bits per heavy atom. The molecule has 4 rings (SSSR count). The number of hydrogen-bond donors (Lipinski definition) is 2. The van der Waals surface area contributed by atoms with Gasteiger partial charge in [0, 0.05) is 18.5 Å². The van der Waals surface area contributed by atoms with Crippen LogP contribution in [-0.2, 0) is 12.8 Å². The van der Waals surface area contributed by atoms with E-state index in [9.17, 15) is 4.79 Å². The molecule has 2 N–H and O–H groups in total. The molecule has 4 heteroatoms. The summed E-state index contributed by atoms with van der Waals surface area (Å²) < 4.78 is 0. The number of rotatable bonds is 7. The summed E-state index contributed by atoms with van der Waals surface area (Å²) in [5, 5.41) is 11.2. The first kappa shape index (κ1) is 19.8. The van der Waals surface area contributed by atoms with Gasteiger partial charge in [-0.05, 0) is 74.2 Å². The summed E-state index contributed by atoms with van der Waals surface area (Å²) in [5.41, 5.74) is 4.62. The zero-order valence-corrected chi connectivity index (χ0v) is 17.2. The van der Waals surface area contributed by atoms with E-state index in [1.54, 1.807) is 11.1 Å². The van der Waals surface area contributed by atoms with Crippen molar-refractivity contribution in [3.63, 3.8) is 0 Å². The molecule has 1 amide bonds. The van der Waals surface area contributed by atoms with Crippen molar-refractivity contribution >= 4 is 6.09 Å². The molecule has 2 fully saturated rings. The van der Waals surface area contributed by atoms with Crippen LogP contribution in [0.4, 0.5) is 4.79 Å². The van der Waals surface area contributed by atoms with Gasteiger partial charge in [0.15, 0.2) is 0 Å². The SMILES string of the molecule is O=C(O)NCCCc1cccc2c1CC[C@@H]1[C@H]2CCN1CCC1CCCCC1. The van der Waals surface area contributed by atoms with Gasteiger partial charge < -0.3 is 10.4 Å². The van der Waals surface area contributed by atoms with Crippen LogP contribution in [0, 0.1) is 5.92 Å². The third-order valence-corrected chi connectivity index (χ3v) is 7.51. The first-order valence-electron chi connectivity index (χ1n) is 11.5. The van der Waals surface area contributed by atoms with Gasteiger partial charge >= 0.3 is 6.09 Å². The van der Waals surface area contributed by atoms with Crippen molar-refractivity contribution in [3.05, 3.63) is 34.9 Å². The number of likely N-dealkylation sites (tertiary alicyclic amines) is 1. The van der Waals surface area contributed by atoms with Crippen molar-refractivity contribution in [2.24, 2.45) is 5.92 Å². The van der Waals surface area contributed by atoms with Gasteiger partial charge in [-0.25, -0.2) is 4.79 Å². The second kappa shape index (κ2) is 9.30. The van der Waals surface area contributed by atoms with Gasteiger partial charge in [-0.1, -0.05) is 50.3 Å². The lowest BCUT2D eigenvalue weighted by Gasteiger charge is -2.35. The Morgan fingerprint density at radius 3 is 2.82 bits per heavy atom. The number of carbonyl (C=O) groups is 1. The Balaban J connectivity index is 1.35. The fraction of sp³-hybridized carbons (Fsp3) is 0.708. The lowest BCUT2D eigenvalue weighted by Crippen LogP contribution is -2.36. The molecule has 1 saturated carbocycles. The van der Waals surface area contributed by atoms with Crippen molar-refractivity contribution in [2.75, 3.05) is 19.6 Å². The van der Waals surface area contributed by atoms with Gasteiger partial charge in [0.1, 0.15) is 0 Å². The number of benzene rings is 1. The van der Waals surface area contributed by atoms with Crippen LogP contribution in [-0.4, -0.2) is 41.8 Å². The molecule has 0 spiro atoms. The molecule has 0 radical (unpaired) electrons. The predicted octanol–water partition coefficient (Wildman–Crippen LogP) is 4.96. The fourth-order valence-electron chi connectivity index (χ4n) is 6.07. The number of fused-ring (bicyclic) bond motifs is 3. The summed E-state index contributed by atoms with van der Waals surface area (Å²) in [6, 6.07) is 7.61. The van der Waals surface area contributed by atoms with Crippen LogP contribution >= 0.6 is 0 Å². The van der Waals surface area contributed by atoms with Crippen LogP contribution in [0.1, 0.15) is 80.4 Å². The molecule has 28 heavy (non-hydrogen) atoms. The Labute approximate surface area is 169 Å². The number of hydrogen-bond acceptors (Lipinski definition) is 2. The van der Waals surface area contributed by atoms with Crippen molar-refractivity contribution in [1.29, 1.82) is 0 Å². The Kier molecular flexibility index (Phi) is 6.56. The maximum absolute atomic E-state index is 10.6. The Morgan fingerprint density at radius 2 is 2.00 bits per heavy atom. The third kappa shape index (κ3) is 4.53. The zero-order chi connectivity index (χ0) is 19.3. The molecule has 1 saturated heterocycles. The molecular formula is C24H36N2O2. The van der Waals surface area contributed by atoms with E-state index in [4.69, 9.17) is 5.11 Å². The van der Waals surface area contributed by atoms with Gasteiger partial charge in [-0.15, -0.1) is 0 Å². The lowest BCUT2D eigenvalue weighted by molar-refractivity contribution is 0.194. The highest BCUT2D eigenvalue weighted by atomic mass is 16.4. The smallest absolute Gasteiger partial charge is 0.404 e. The average Bonchev–Trinajstić information content (AvgIpc) is 3.14. The monoisotopic (exact) mass is 384 g/mol. The Hall–Kier alpha value is -1.55. The molecule has 2 aliphatic carbocycles. The molecule has 0 unspecified atom stereocenters. The molecule has 1 heterocycles. The summed E-state index contributed by atoms with van der Waals surface area (Å²) in [4.78, 5) is 13.4. The average molecular weight is 385 g/mol. The van der Waals surface area contributed by atoms with Crippen LogP contribution in [0.25, 0.3) is 0 Å². The molecular weight excluding hydrogens is 348 g/mol. The van der Waals surface area contributed by atoms with E-state index in [-0.39, 0.29) is 0 Å². The molecule has 1 aliphatic heterocycles. The van der Waals surface area contributed by atoms with Crippen molar-refractivity contribution in [3.8, 4) is 0 Å². The molecule has 1 aromatic carbocycles. The molecule has 0 bridgehead atoms. The standard InChI is InChI=1S/C24H36N2O2/c27-24(28)25-15-5-9-19-8-4-10-21-20(19)11-12-23-22(21)14-17-26(23)16-13-18-6-2-1-3-7-18/h4,8,10,18,22-23,25H,1-3,5-7,9,11-17H2,(H,27,28)/t22-,23+/m0/s1. The quantitative estimate of drug-likeness (QED) is 0.653. The molecule has 1 aromatic rings. The highest BCUT2D eigenvalue weighted by Crippen LogP contribution is 2.43. The molecule has 2 atom stereocenters. The minimum absolute atomic E-state index is 0.542. The minimum atomic E-state index is -0.919. The number of nitrogens with zero attached hydrogens (tertiary/aromatic N) is 1. The summed E-state index contributed by atoms with van der Waals surface area (Å²) >= 11 is 0. The van der Waals surface area contributed by atoms with Gasteiger partial charge in [-0.3, -0.25) is 4.90 Å². The van der Waals surface area contributed by atoms with Crippen LogP contribution in [0.5, 0.6) is 0 Å². The van der Waals surface area contributed by atoms with E-state index in [2.05, 4.69) is 28.4 Å². The first-order chi connectivity index (χ1) is 13.7. The van der Waals surface area contributed by atoms with Crippen molar-refractivity contribution in [2.45, 2.75) is 82.6 Å². The number of aryl methyl sites for hydroxylation is 1. The van der Waals surface area contributed by atoms with E-state index in [0.29, 0.717) is 12.5 Å². The highest BCUT2D eigenvalue weighted by molar-refractivity contribution is 5.64. The predicted molar refractivity (Wildman–Crippen MR) is 113 cm³/mol. The lowest BCUT2D eigenvalue weighted by atomic mass is 9.77. The molecule has 154 valence electrons. The number of nitrogens with one attached hydrogen (secondary N) is 1. The van der Waals surface area contributed by atoms with Crippen LogP contribution in [0.3, 0.4) is 0 Å². The van der Waals surface area contributed by atoms with E-state index < -0.39 is 6.09 Å². The zero-order valence-electron chi connectivity index (χ0n) is 17.2. The van der Waals surface area contributed by atoms with E-state index >= 15 is 0 Å². The number of amides is 1. The maximum Gasteiger partial charge on any atom is 0.404 e. The second-order valence-electron chi connectivity index (χ2n) is 9.15.